The van der Waals surface area contributed by atoms with Crippen molar-refractivity contribution in [2.45, 2.75) is 6.92 Å². The molecule has 0 spiro atoms. The highest BCUT2D eigenvalue weighted by Gasteiger charge is 2.11. The number of carbonyl (C=O) groups excluding carboxylic acids is 1. The van der Waals surface area contributed by atoms with E-state index in [-0.39, 0.29) is 0 Å². The Morgan fingerprint density at radius 3 is 3.00 bits per heavy atom. The molecule has 7 nitrogen and oxygen atoms in total. The Morgan fingerprint density at radius 1 is 1.43 bits per heavy atom. The first-order chi connectivity index (χ1) is 10.1. The van der Waals surface area contributed by atoms with Crippen molar-refractivity contribution >= 4 is 32.0 Å². The Bertz CT molecular complexity index is 863. The summed E-state index contributed by atoms with van der Waals surface area (Å²) < 4.78 is 3.44. The molecule has 0 saturated heterocycles. The molecule has 1 unspecified atom stereocenters. The molecular weight excluding hydrogens is 287 g/mol. The lowest BCUT2D eigenvalue weighted by Gasteiger charge is -2.00. The van der Waals surface area contributed by atoms with E-state index >= 15 is 0 Å². The van der Waals surface area contributed by atoms with Crippen LogP contribution < -0.4 is 5.73 Å². The highest BCUT2D eigenvalue weighted by atomic mass is 31.0. The fraction of sp³-hybridized carbons (Fsp3) is 0.0769. The van der Waals surface area contributed by atoms with Crippen LogP contribution in [-0.2, 0) is 4.79 Å². The summed E-state index contributed by atoms with van der Waals surface area (Å²) in [6, 6.07) is 1.95. The van der Waals surface area contributed by atoms with Gasteiger partial charge in [-0.05, 0) is 22.4 Å². The van der Waals surface area contributed by atoms with Crippen molar-refractivity contribution in [1.82, 2.24) is 24.1 Å². The summed E-state index contributed by atoms with van der Waals surface area (Å²) in [5.41, 5.74) is 8.24. The average Bonchev–Trinajstić information content (AvgIpc) is 3.05. The molecule has 3 aromatic heterocycles. The standard InChI is InChI=1S/C13H13N6OP/c1-8(4-11(14)20)18-6-9(5-17-18)12-10-2-3-19(21)13(10)16-7-15-12/h2-7H,21H2,1H3,(H2,14,20)/b8-4-. The molecule has 3 aromatic rings. The van der Waals surface area contributed by atoms with Crippen molar-refractivity contribution in [2.24, 2.45) is 5.73 Å². The van der Waals surface area contributed by atoms with E-state index in [0.717, 1.165) is 22.3 Å². The molecule has 0 bridgehead atoms. The Hall–Kier alpha value is -2.53. The molecule has 1 atom stereocenters. The van der Waals surface area contributed by atoms with Crippen LogP contribution >= 0.6 is 9.39 Å². The smallest absolute Gasteiger partial charge is 0.243 e. The number of hydrogen-bond acceptors (Lipinski definition) is 4. The van der Waals surface area contributed by atoms with Gasteiger partial charge >= 0.3 is 0 Å². The third-order valence-electron chi connectivity index (χ3n) is 3.08. The van der Waals surface area contributed by atoms with Crippen LogP contribution in [0.3, 0.4) is 0 Å². The Kier molecular flexibility index (Phi) is 3.27. The molecule has 1 amide bonds. The number of allylic oxidation sites excluding steroid dienone is 1. The first-order valence-electron chi connectivity index (χ1n) is 6.16. The number of carbonyl (C=O) groups is 1. The van der Waals surface area contributed by atoms with Crippen LogP contribution in [0.1, 0.15) is 6.92 Å². The average molecular weight is 300 g/mol. The molecule has 0 radical (unpaired) electrons. The number of amides is 1. The van der Waals surface area contributed by atoms with Crippen LogP contribution in [0.5, 0.6) is 0 Å². The van der Waals surface area contributed by atoms with Gasteiger partial charge in [-0.1, -0.05) is 0 Å². The molecule has 0 aliphatic rings. The van der Waals surface area contributed by atoms with E-state index < -0.39 is 5.91 Å². The molecule has 21 heavy (non-hydrogen) atoms. The predicted octanol–water partition coefficient (Wildman–Crippen LogP) is 1.28. The maximum Gasteiger partial charge on any atom is 0.243 e. The molecule has 0 aromatic carbocycles. The van der Waals surface area contributed by atoms with Gasteiger partial charge in [0.2, 0.25) is 5.91 Å². The quantitative estimate of drug-likeness (QED) is 0.582. The highest BCUT2D eigenvalue weighted by Crippen LogP contribution is 2.26. The number of fused-ring (bicyclic) bond motifs is 1. The molecule has 0 aliphatic heterocycles. The molecule has 2 N–H and O–H groups in total. The van der Waals surface area contributed by atoms with E-state index in [4.69, 9.17) is 5.73 Å². The van der Waals surface area contributed by atoms with Gasteiger partial charge < -0.3 is 10.1 Å². The zero-order valence-electron chi connectivity index (χ0n) is 11.3. The molecule has 0 fully saturated rings. The highest BCUT2D eigenvalue weighted by molar-refractivity contribution is 7.14. The van der Waals surface area contributed by atoms with Crippen molar-refractivity contribution in [3.05, 3.63) is 37.1 Å². The van der Waals surface area contributed by atoms with Gasteiger partial charge in [0.15, 0.2) is 0 Å². The fourth-order valence-electron chi connectivity index (χ4n) is 2.11. The number of aromatic nitrogens is 5. The second kappa shape index (κ2) is 5.10. The zero-order valence-corrected chi connectivity index (χ0v) is 12.4. The first-order valence-corrected chi connectivity index (χ1v) is 6.68. The van der Waals surface area contributed by atoms with Crippen molar-refractivity contribution in [1.29, 1.82) is 0 Å². The largest absolute Gasteiger partial charge is 0.366 e. The zero-order chi connectivity index (χ0) is 15.0. The number of rotatable bonds is 3. The minimum Gasteiger partial charge on any atom is -0.366 e. The Morgan fingerprint density at radius 2 is 2.24 bits per heavy atom. The summed E-state index contributed by atoms with van der Waals surface area (Å²) in [7, 11) is 2.57. The van der Waals surface area contributed by atoms with E-state index in [1.807, 2.05) is 16.6 Å². The summed E-state index contributed by atoms with van der Waals surface area (Å²) in [6.45, 7) is 1.76. The first kappa shape index (κ1) is 13.5. The minimum absolute atomic E-state index is 0.505. The Balaban J connectivity index is 2.08. The van der Waals surface area contributed by atoms with Crippen LogP contribution in [0.15, 0.2) is 37.1 Å². The predicted molar refractivity (Wildman–Crippen MR) is 83.0 cm³/mol. The number of nitrogens with two attached hydrogens (primary N) is 1. The van der Waals surface area contributed by atoms with Gasteiger partial charge in [-0.15, -0.1) is 0 Å². The molecule has 3 rings (SSSR count). The summed E-state index contributed by atoms with van der Waals surface area (Å²) in [5.74, 6) is -0.505. The minimum atomic E-state index is -0.505. The molecule has 8 heteroatoms. The van der Waals surface area contributed by atoms with Crippen molar-refractivity contribution < 1.29 is 4.79 Å². The maximum atomic E-state index is 10.9. The van der Waals surface area contributed by atoms with E-state index in [1.165, 1.54) is 12.4 Å². The SMILES string of the molecule is C/C(=C/C(N)=O)n1cc(-c2ncnc3c2ccn3P)cn1. The lowest BCUT2D eigenvalue weighted by molar-refractivity contribution is -0.113. The van der Waals surface area contributed by atoms with Crippen LogP contribution in [0.2, 0.25) is 0 Å². The van der Waals surface area contributed by atoms with Crippen LogP contribution in [0.4, 0.5) is 0 Å². The van der Waals surface area contributed by atoms with Gasteiger partial charge in [-0.3, -0.25) is 4.79 Å². The lowest BCUT2D eigenvalue weighted by Crippen LogP contribution is -2.08. The summed E-state index contributed by atoms with van der Waals surface area (Å²) in [4.78, 5) is 19.5. The number of nitrogens with zero attached hydrogens (tertiary/aromatic N) is 5. The van der Waals surface area contributed by atoms with E-state index in [2.05, 4.69) is 24.5 Å². The topological polar surface area (TPSA) is 91.6 Å². The van der Waals surface area contributed by atoms with Gasteiger partial charge in [-0.2, -0.15) is 5.10 Å². The van der Waals surface area contributed by atoms with Crippen molar-refractivity contribution in [3.8, 4) is 11.3 Å². The van der Waals surface area contributed by atoms with Crippen LogP contribution in [0, 0.1) is 0 Å². The van der Waals surface area contributed by atoms with E-state index in [0.29, 0.717) is 5.70 Å². The normalized spacial score (nSPS) is 12.0. The van der Waals surface area contributed by atoms with E-state index in [9.17, 15) is 4.79 Å². The van der Waals surface area contributed by atoms with E-state index in [1.54, 1.807) is 24.0 Å². The van der Waals surface area contributed by atoms with Crippen LogP contribution in [0.25, 0.3) is 28.0 Å². The van der Waals surface area contributed by atoms with Crippen molar-refractivity contribution in [3.63, 3.8) is 0 Å². The third kappa shape index (κ3) is 2.43. The summed E-state index contributed by atoms with van der Waals surface area (Å²) in [5, 5.41) is 5.16. The molecule has 106 valence electrons. The Labute approximate surface area is 122 Å². The molecule has 0 saturated carbocycles. The summed E-state index contributed by atoms with van der Waals surface area (Å²) >= 11 is 0. The van der Waals surface area contributed by atoms with Gasteiger partial charge in [0.05, 0.1) is 11.9 Å². The van der Waals surface area contributed by atoms with Gasteiger partial charge in [0, 0.05) is 35.1 Å². The second-order valence-electron chi connectivity index (χ2n) is 4.54. The van der Waals surface area contributed by atoms with Crippen LogP contribution in [-0.4, -0.2) is 30.0 Å². The van der Waals surface area contributed by atoms with Gasteiger partial charge in [0.1, 0.15) is 12.0 Å². The third-order valence-corrected chi connectivity index (χ3v) is 3.49. The maximum absolute atomic E-state index is 10.9. The summed E-state index contributed by atoms with van der Waals surface area (Å²) in [6.07, 6.45) is 8.24. The number of hydrogen-bond donors (Lipinski definition) is 1. The lowest BCUT2D eigenvalue weighted by atomic mass is 10.2. The molecule has 0 aliphatic carbocycles. The fourth-order valence-corrected chi connectivity index (χ4v) is 2.40. The van der Waals surface area contributed by atoms with Gasteiger partial charge in [0.25, 0.3) is 0 Å². The number of primary amides is 1. The van der Waals surface area contributed by atoms with Gasteiger partial charge in [-0.25, -0.2) is 14.6 Å². The second-order valence-corrected chi connectivity index (χ2v) is 5.10. The monoisotopic (exact) mass is 300 g/mol. The van der Waals surface area contributed by atoms with Crippen molar-refractivity contribution in [2.75, 3.05) is 0 Å². The molecular formula is C13H13N6OP. The molecule has 3 heterocycles.